The van der Waals surface area contributed by atoms with Gasteiger partial charge in [0, 0.05) is 28.6 Å². The van der Waals surface area contributed by atoms with Crippen molar-refractivity contribution >= 4 is 35.1 Å². The number of carbonyl (C=O) groups is 2. The van der Waals surface area contributed by atoms with Gasteiger partial charge in [0.15, 0.2) is 0 Å². The molecule has 4 rings (SSSR count). The van der Waals surface area contributed by atoms with E-state index in [2.05, 4.69) is 6.92 Å². The molecule has 0 aliphatic carbocycles. The molecule has 0 unspecified atom stereocenters. The number of carbonyl (C=O) groups excluding carboxylic acids is 1. The number of halogens is 2. The fourth-order valence-electron chi connectivity index (χ4n) is 4.30. The quantitative estimate of drug-likeness (QED) is 0.431. The summed E-state index contributed by atoms with van der Waals surface area (Å²) in [6.07, 6.45) is 2.25. The maximum Gasteiger partial charge on any atom is 0.323 e. The van der Waals surface area contributed by atoms with Crippen LogP contribution in [-0.4, -0.2) is 34.0 Å². The van der Waals surface area contributed by atoms with E-state index >= 15 is 0 Å². The molecule has 0 aromatic heterocycles. The summed E-state index contributed by atoms with van der Waals surface area (Å²) in [6.45, 7) is 1.76. The van der Waals surface area contributed by atoms with Gasteiger partial charge >= 0.3 is 5.97 Å². The summed E-state index contributed by atoms with van der Waals surface area (Å²) in [5.74, 6) is -0.709. The summed E-state index contributed by atoms with van der Waals surface area (Å²) in [5.41, 5.74) is 2.77. The van der Waals surface area contributed by atoms with Crippen molar-refractivity contribution in [1.82, 2.24) is 4.90 Å². The second-order valence-corrected chi connectivity index (χ2v) is 9.67. The van der Waals surface area contributed by atoms with E-state index < -0.39 is 12.5 Å². The lowest BCUT2D eigenvalue weighted by molar-refractivity contribution is -0.137. The second-order valence-electron chi connectivity index (χ2n) is 8.83. The Bertz CT molecular complexity index is 1230. The molecule has 5 nitrogen and oxygen atoms in total. The molecule has 0 bridgehead atoms. The number of fused-ring (bicyclic) bond motifs is 1. The standard InChI is InChI=1S/C27H25Cl2NO4/c1-27(15-18-5-4-7-22(28)13-18)12-11-19-14-20(9-10-24(19)34-27)26(33)30(17-25(31)32)16-21-6-2-3-8-23(21)29/h2-10,13-14H,11-12,15-17H2,1H3,(H,31,32)/t27-/m1/s1. The van der Waals surface area contributed by atoms with Crippen LogP contribution >= 0.6 is 23.2 Å². The monoisotopic (exact) mass is 497 g/mol. The third-order valence-electron chi connectivity index (χ3n) is 5.99. The molecule has 1 amide bonds. The van der Waals surface area contributed by atoms with Crippen LogP contribution in [-0.2, 0) is 24.2 Å². The maximum atomic E-state index is 13.2. The molecule has 0 radical (unpaired) electrons. The average molecular weight is 498 g/mol. The Morgan fingerprint density at radius 3 is 2.59 bits per heavy atom. The molecule has 1 N–H and O–H groups in total. The molecule has 1 atom stereocenters. The Morgan fingerprint density at radius 2 is 1.85 bits per heavy atom. The number of carboxylic acid groups (broad SMARTS) is 1. The summed E-state index contributed by atoms with van der Waals surface area (Å²) in [7, 11) is 0. The third kappa shape index (κ3) is 5.72. The lowest BCUT2D eigenvalue weighted by Gasteiger charge is -2.36. The second kappa shape index (κ2) is 10.1. The predicted octanol–water partition coefficient (Wildman–Crippen LogP) is 6.05. The van der Waals surface area contributed by atoms with Crippen molar-refractivity contribution in [3.8, 4) is 5.75 Å². The highest BCUT2D eigenvalue weighted by Gasteiger charge is 2.32. The topological polar surface area (TPSA) is 66.8 Å². The van der Waals surface area contributed by atoms with Gasteiger partial charge in [0.1, 0.15) is 17.9 Å². The van der Waals surface area contributed by atoms with Gasteiger partial charge in [-0.25, -0.2) is 0 Å². The summed E-state index contributed by atoms with van der Waals surface area (Å²) in [6, 6.07) is 20.2. The van der Waals surface area contributed by atoms with Crippen LogP contribution in [0.15, 0.2) is 66.7 Å². The van der Waals surface area contributed by atoms with E-state index in [0.29, 0.717) is 21.2 Å². The van der Waals surface area contributed by atoms with E-state index in [1.165, 1.54) is 4.90 Å². The average Bonchev–Trinajstić information content (AvgIpc) is 2.79. The van der Waals surface area contributed by atoms with Gasteiger partial charge in [-0.2, -0.15) is 0 Å². The van der Waals surface area contributed by atoms with Gasteiger partial charge in [-0.1, -0.05) is 53.5 Å². The van der Waals surface area contributed by atoms with Gasteiger partial charge < -0.3 is 14.7 Å². The largest absolute Gasteiger partial charge is 0.487 e. The lowest BCUT2D eigenvalue weighted by Crippen LogP contribution is -2.39. The van der Waals surface area contributed by atoms with Crippen LogP contribution in [0.25, 0.3) is 0 Å². The van der Waals surface area contributed by atoms with Crippen molar-refractivity contribution in [2.24, 2.45) is 0 Å². The highest BCUT2D eigenvalue weighted by atomic mass is 35.5. The zero-order valence-electron chi connectivity index (χ0n) is 18.8. The van der Waals surface area contributed by atoms with Crippen LogP contribution in [0.5, 0.6) is 5.75 Å². The van der Waals surface area contributed by atoms with E-state index in [9.17, 15) is 14.7 Å². The minimum absolute atomic E-state index is 0.107. The molecule has 1 aliphatic heterocycles. The Kier molecular flexibility index (Phi) is 7.15. The first-order chi connectivity index (χ1) is 16.2. The van der Waals surface area contributed by atoms with Crippen LogP contribution in [0.2, 0.25) is 10.0 Å². The molecule has 1 aliphatic rings. The zero-order chi connectivity index (χ0) is 24.3. The number of carboxylic acids is 1. The van der Waals surface area contributed by atoms with Gasteiger partial charge in [-0.15, -0.1) is 0 Å². The summed E-state index contributed by atoms with van der Waals surface area (Å²) in [4.78, 5) is 26.0. The number of amides is 1. The number of nitrogens with zero attached hydrogens (tertiary/aromatic N) is 1. The third-order valence-corrected chi connectivity index (χ3v) is 6.59. The minimum atomic E-state index is -1.08. The highest BCUT2D eigenvalue weighted by Crippen LogP contribution is 2.36. The number of hydrogen-bond donors (Lipinski definition) is 1. The van der Waals surface area contributed by atoms with Gasteiger partial charge in [-0.3, -0.25) is 9.59 Å². The molecule has 0 saturated heterocycles. The van der Waals surface area contributed by atoms with Gasteiger partial charge in [0.2, 0.25) is 0 Å². The van der Waals surface area contributed by atoms with E-state index in [4.69, 9.17) is 27.9 Å². The molecule has 3 aromatic carbocycles. The first kappa shape index (κ1) is 24.1. The van der Waals surface area contributed by atoms with Crippen molar-refractivity contribution in [3.63, 3.8) is 0 Å². The smallest absolute Gasteiger partial charge is 0.323 e. The molecule has 3 aromatic rings. The number of ether oxygens (including phenoxy) is 1. The van der Waals surface area contributed by atoms with Crippen LogP contribution < -0.4 is 4.74 Å². The molecular formula is C27H25Cl2NO4. The Morgan fingerprint density at radius 1 is 1.06 bits per heavy atom. The van der Waals surface area contributed by atoms with Crippen LogP contribution in [0.3, 0.4) is 0 Å². The maximum absolute atomic E-state index is 13.2. The zero-order valence-corrected chi connectivity index (χ0v) is 20.3. The molecule has 176 valence electrons. The number of rotatable bonds is 7. The number of aryl methyl sites for hydroxylation is 1. The SMILES string of the molecule is C[C@]1(Cc2cccc(Cl)c2)CCc2cc(C(=O)N(CC(=O)O)Cc3ccccc3Cl)ccc2O1. The number of aliphatic carboxylic acids is 1. The van der Waals surface area contributed by atoms with Crippen LogP contribution in [0.4, 0.5) is 0 Å². The van der Waals surface area contributed by atoms with E-state index in [1.807, 2.05) is 24.3 Å². The van der Waals surface area contributed by atoms with Crippen molar-refractivity contribution in [3.05, 3.63) is 99.0 Å². The molecule has 0 saturated carbocycles. The van der Waals surface area contributed by atoms with Gasteiger partial charge in [0.25, 0.3) is 5.91 Å². The summed E-state index contributed by atoms with van der Waals surface area (Å²) < 4.78 is 6.35. The molecule has 34 heavy (non-hydrogen) atoms. The van der Waals surface area contributed by atoms with Crippen molar-refractivity contribution in [1.29, 1.82) is 0 Å². The predicted molar refractivity (Wildman–Crippen MR) is 133 cm³/mol. The van der Waals surface area contributed by atoms with Gasteiger partial charge in [-0.05, 0) is 72.9 Å². The molecule has 7 heteroatoms. The summed E-state index contributed by atoms with van der Waals surface area (Å²) in [5, 5.41) is 10.5. The van der Waals surface area contributed by atoms with E-state index in [-0.39, 0.29) is 18.1 Å². The minimum Gasteiger partial charge on any atom is -0.487 e. The first-order valence-electron chi connectivity index (χ1n) is 11.0. The normalized spacial score (nSPS) is 16.9. The Hall–Kier alpha value is -3.02. The van der Waals surface area contributed by atoms with Crippen molar-refractivity contribution < 1.29 is 19.4 Å². The molecule has 0 fully saturated rings. The van der Waals surface area contributed by atoms with Crippen LogP contribution in [0.1, 0.15) is 40.4 Å². The van der Waals surface area contributed by atoms with E-state index in [1.54, 1.807) is 42.5 Å². The number of benzene rings is 3. The Labute approximate surface area is 208 Å². The molecule has 0 spiro atoms. The van der Waals surface area contributed by atoms with Crippen molar-refractivity contribution in [2.45, 2.75) is 38.3 Å². The summed E-state index contributed by atoms with van der Waals surface area (Å²) >= 11 is 12.4. The molecule has 1 heterocycles. The molecular weight excluding hydrogens is 473 g/mol. The van der Waals surface area contributed by atoms with E-state index in [0.717, 1.165) is 36.1 Å². The first-order valence-corrected chi connectivity index (χ1v) is 11.8. The Balaban J connectivity index is 1.53. The van der Waals surface area contributed by atoms with Crippen molar-refractivity contribution in [2.75, 3.05) is 6.54 Å². The lowest BCUT2D eigenvalue weighted by atomic mass is 9.87. The van der Waals surface area contributed by atoms with Crippen LogP contribution in [0, 0.1) is 0 Å². The fourth-order valence-corrected chi connectivity index (χ4v) is 4.71. The number of hydrogen-bond acceptors (Lipinski definition) is 3. The van der Waals surface area contributed by atoms with Gasteiger partial charge in [0.05, 0.1) is 0 Å². The highest BCUT2D eigenvalue weighted by molar-refractivity contribution is 6.31. The fraction of sp³-hybridized carbons (Fsp3) is 0.259.